The monoisotopic (exact) mass is 288 g/mol. The van der Waals surface area contributed by atoms with Gasteiger partial charge in [0.25, 0.3) is 0 Å². The molecule has 1 unspecified atom stereocenters. The van der Waals surface area contributed by atoms with Crippen LogP contribution in [0.4, 0.5) is 0 Å². The van der Waals surface area contributed by atoms with Crippen molar-refractivity contribution in [2.24, 2.45) is 0 Å². The molecular formula is C9H13NaO9. The minimum absolute atomic E-state index is 0. The SMILES string of the molecule is CC(O)C(=O)OC(CC(=O)O)(CC(=O)O)C(=O)O.[H-].[Na+]. The first kappa shape index (κ1) is 20.2. The third kappa shape index (κ3) is 6.53. The molecular weight excluding hydrogens is 275 g/mol. The zero-order chi connectivity index (χ0) is 14.5. The predicted molar refractivity (Wildman–Crippen MR) is 53.8 cm³/mol. The number of hydrogen-bond acceptors (Lipinski definition) is 6. The molecule has 0 radical (unpaired) electrons. The van der Waals surface area contributed by atoms with E-state index in [1.165, 1.54) is 0 Å². The average Bonchev–Trinajstić information content (AvgIpc) is 2.14. The Morgan fingerprint density at radius 2 is 1.47 bits per heavy atom. The summed E-state index contributed by atoms with van der Waals surface area (Å²) in [7, 11) is 0. The van der Waals surface area contributed by atoms with Gasteiger partial charge in [0.1, 0.15) is 6.10 Å². The number of aliphatic hydroxyl groups is 1. The maximum atomic E-state index is 11.1. The topological polar surface area (TPSA) is 158 Å². The van der Waals surface area contributed by atoms with E-state index in [9.17, 15) is 19.2 Å². The summed E-state index contributed by atoms with van der Waals surface area (Å²) >= 11 is 0. The van der Waals surface area contributed by atoms with Crippen LogP contribution in [0.3, 0.4) is 0 Å². The van der Waals surface area contributed by atoms with Crippen LogP contribution in [-0.2, 0) is 23.9 Å². The van der Waals surface area contributed by atoms with Gasteiger partial charge in [-0.2, -0.15) is 0 Å². The number of aliphatic carboxylic acids is 3. The van der Waals surface area contributed by atoms with Crippen LogP contribution in [0.5, 0.6) is 0 Å². The Labute approximate surface area is 130 Å². The van der Waals surface area contributed by atoms with Gasteiger partial charge in [-0.1, -0.05) is 0 Å². The molecule has 0 rings (SSSR count). The first-order valence-corrected chi connectivity index (χ1v) is 4.68. The minimum Gasteiger partial charge on any atom is -1.00 e. The van der Waals surface area contributed by atoms with Crippen LogP contribution >= 0.6 is 0 Å². The summed E-state index contributed by atoms with van der Waals surface area (Å²) < 4.78 is 4.33. The van der Waals surface area contributed by atoms with Crippen LogP contribution in [0.2, 0.25) is 0 Å². The second-order valence-corrected chi connectivity index (χ2v) is 3.54. The van der Waals surface area contributed by atoms with E-state index >= 15 is 0 Å². The molecule has 0 aliphatic rings. The van der Waals surface area contributed by atoms with Crippen LogP contribution < -0.4 is 29.6 Å². The second-order valence-electron chi connectivity index (χ2n) is 3.54. The molecule has 0 aromatic rings. The normalized spacial score (nSPS) is 11.9. The zero-order valence-electron chi connectivity index (χ0n) is 11.3. The Bertz CT molecular complexity index is 366. The molecule has 19 heavy (non-hydrogen) atoms. The van der Waals surface area contributed by atoms with E-state index in [2.05, 4.69) is 4.74 Å². The molecule has 1 atom stereocenters. The van der Waals surface area contributed by atoms with Crippen molar-refractivity contribution in [1.82, 2.24) is 0 Å². The molecule has 0 heterocycles. The smallest absolute Gasteiger partial charge is 1.00 e. The number of carboxylic acids is 3. The van der Waals surface area contributed by atoms with E-state index < -0.39 is 48.4 Å². The van der Waals surface area contributed by atoms with E-state index in [4.69, 9.17) is 20.4 Å². The Morgan fingerprint density at radius 3 is 1.68 bits per heavy atom. The van der Waals surface area contributed by atoms with Crippen molar-refractivity contribution in [1.29, 1.82) is 0 Å². The molecule has 0 aromatic carbocycles. The van der Waals surface area contributed by atoms with Crippen molar-refractivity contribution in [2.45, 2.75) is 31.5 Å². The first-order valence-electron chi connectivity index (χ1n) is 4.68. The molecule has 0 saturated heterocycles. The number of esters is 1. The van der Waals surface area contributed by atoms with Crippen molar-refractivity contribution in [3.8, 4) is 0 Å². The van der Waals surface area contributed by atoms with Gasteiger partial charge in [0, 0.05) is 0 Å². The van der Waals surface area contributed by atoms with Crippen LogP contribution in [-0.4, -0.2) is 56.0 Å². The molecule has 0 aliphatic carbocycles. The standard InChI is InChI=1S/C9H12O9.Na.H/c1-4(10)7(15)18-9(8(16)17,2-5(11)12)3-6(13)14;;/h4,10H,2-3H2,1H3,(H,11,12)(H,13,14)(H,16,17);;/q;+1;-1. The van der Waals surface area contributed by atoms with Gasteiger partial charge in [0.15, 0.2) is 0 Å². The Hall–Kier alpha value is -1.16. The minimum atomic E-state index is -2.74. The fourth-order valence-electron chi connectivity index (χ4n) is 1.10. The molecule has 0 aliphatic heterocycles. The first-order chi connectivity index (χ1) is 8.10. The third-order valence-corrected chi connectivity index (χ3v) is 1.90. The third-order valence-electron chi connectivity index (χ3n) is 1.90. The molecule has 10 heteroatoms. The van der Waals surface area contributed by atoms with Gasteiger partial charge >= 0.3 is 53.4 Å². The summed E-state index contributed by atoms with van der Waals surface area (Å²) in [6.45, 7) is 0.969. The number of carbonyl (C=O) groups excluding carboxylic acids is 1. The fraction of sp³-hybridized carbons (Fsp3) is 0.556. The van der Waals surface area contributed by atoms with Gasteiger partial charge in [-0.25, -0.2) is 9.59 Å². The molecule has 104 valence electrons. The number of carboxylic acid groups (broad SMARTS) is 3. The molecule has 9 nitrogen and oxygen atoms in total. The van der Waals surface area contributed by atoms with Crippen molar-refractivity contribution >= 4 is 23.9 Å². The molecule has 0 spiro atoms. The van der Waals surface area contributed by atoms with Gasteiger partial charge in [0.05, 0.1) is 12.8 Å². The molecule has 4 N–H and O–H groups in total. The summed E-state index contributed by atoms with van der Waals surface area (Å²) in [5.74, 6) is -6.64. The van der Waals surface area contributed by atoms with E-state index in [1.54, 1.807) is 0 Å². The molecule has 0 bridgehead atoms. The summed E-state index contributed by atoms with van der Waals surface area (Å²) in [5, 5.41) is 34.8. The fourth-order valence-corrected chi connectivity index (χ4v) is 1.10. The Kier molecular flexibility index (Phi) is 8.60. The summed E-state index contributed by atoms with van der Waals surface area (Å²) in [4.78, 5) is 43.2. The zero-order valence-corrected chi connectivity index (χ0v) is 12.3. The quantitative estimate of drug-likeness (QED) is 0.269. The number of hydrogen-bond donors (Lipinski definition) is 4. The van der Waals surface area contributed by atoms with Crippen molar-refractivity contribution in [2.75, 3.05) is 0 Å². The Balaban J connectivity index is -0.00000144. The van der Waals surface area contributed by atoms with E-state index in [1.807, 2.05) is 0 Å². The van der Waals surface area contributed by atoms with Gasteiger partial charge < -0.3 is 26.6 Å². The van der Waals surface area contributed by atoms with Crippen LogP contribution in [0.15, 0.2) is 0 Å². The van der Waals surface area contributed by atoms with Gasteiger partial charge in [-0.15, -0.1) is 0 Å². The maximum absolute atomic E-state index is 11.1. The Morgan fingerprint density at radius 1 is 1.11 bits per heavy atom. The number of carbonyl (C=O) groups is 4. The van der Waals surface area contributed by atoms with Crippen molar-refractivity contribution in [3.63, 3.8) is 0 Å². The largest absolute Gasteiger partial charge is 1.00 e. The van der Waals surface area contributed by atoms with Crippen molar-refractivity contribution < 1.29 is 75.3 Å². The summed E-state index contributed by atoms with van der Waals surface area (Å²) in [6.07, 6.45) is -4.16. The van der Waals surface area contributed by atoms with Crippen LogP contribution in [0.1, 0.15) is 21.2 Å². The molecule has 0 aromatic heterocycles. The van der Waals surface area contributed by atoms with Gasteiger partial charge in [-0.3, -0.25) is 9.59 Å². The van der Waals surface area contributed by atoms with Gasteiger partial charge in [0.2, 0.25) is 5.60 Å². The number of ether oxygens (including phenoxy) is 1. The molecule has 0 saturated carbocycles. The molecule has 0 amide bonds. The number of rotatable bonds is 7. The van der Waals surface area contributed by atoms with E-state index in [-0.39, 0.29) is 31.0 Å². The van der Waals surface area contributed by atoms with Crippen LogP contribution in [0, 0.1) is 0 Å². The van der Waals surface area contributed by atoms with Crippen LogP contribution in [0.25, 0.3) is 0 Å². The summed E-state index contributed by atoms with van der Waals surface area (Å²) in [6, 6.07) is 0. The second kappa shape index (κ2) is 8.10. The molecule has 0 fully saturated rings. The van der Waals surface area contributed by atoms with Crippen molar-refractivity contribution in [3.05, 3.63) is 0 Å². The van der Waals surface area contributed by atoms with Gasteiger partial charge in [-0.05, 0) is 6.92 Å². The average molecular weight is 288 g/mol. The maximum Gasteiger partial charge on any atom is 1.00 e. The van der Waals surface area contributed by atoms with E-state index in [0.717, 1.165) is 6.92 Å². The summed E-state index contributed by atoms with van der Waals surface area (Å²) in [5.41, 5.74) is -2.74. The predicted octanol–water partition coefficient (Wildman–Crippen LogP) is -4.20. The number of aliphatic hydroxyl groups excluding tert-OH is 1. The van der Waals surface area contributed by atoms with E-state index in [0.29, 0.717) is 0 Å².